The quantitative estimate of drug-likeness (QED) is 0.607. The first-order valence-electron chi connectivity index (χ1n) is 6.19. The topological polar surface area (TPSA) is 24.9 Å². The van der Waals surface area contributed by atoms with Crippen LogP contribution in [-0.2, 0) is 12.8 Å². The molecule has 0 saturated carbocycles. The number of halogens is 1. The van der Waals surface area contributed by atoms with Gasteiger partial charge >= 0.3 is 0 Å². The van der Waals surface area contributed by atoms with Crippen molar-refractivity contribution in [3.05, 3.63) is 23.4 Å². The van der Waals surface area contributed by atoms with Crippen LogP contribution in [0.4, 0.5) is 5.82 Å². The van der Waals surface area contributed by atoms with E-state index in [2.05, 4.69) is 22.4 Å². The Balaban J connectivity index is 1.77. The van der Waals surface area contributed by atoms with Crippen molar-refractivity contribution in [1.82, 2.24) is 4.98 Å². The minimum atomic E-state index is 0.775. The summed E-state index contributed by atoms with van der Waals surface area (Å²) in [4.78, 5) is 4.63. The lowest BCUT2D eigenvalue weighted by molar-refractivity contribution is 0.745. The first kappa shape index (κ1) is 11.7. The maximum atomic E-state index is 5.63. The van der Waals surface area contributed by atoms with Gasteiger partial charge in [0.25, 0.3) is 0 Å². The van der Waals surface area contributed by atoms with Gasteiger partial charge in [-0.1, -0.05) is 12.5 Å². The number of aryl methyl sites for hydroxylation is 2. The number of unbranched alkanes of at least 4 members (excludes halogenated alkanes) is 2. The zero-order valence-electron chi connectivity index (χ0n) is 9.64. The number of fused-ring (bicyclic) bond motifs is 1. The van der Waals surface area contributed by atoms with Gasteiger partial charge in [0.05, 0.1) is 0 Å². The van der Waals surface area contributed by atoms with Crippen molar-refractivity contribution in [3.8, 4) is 0 Å². The molecule has 1 aromatic rings. The summed E-state index contributed by atoms with van der Waals surface area (Å²) < 4.78 is 0. The predicted octanol–water partition coefficient (Wildman–Crippen LogP) is 3.39. The fourth-order valence-corrected chi connectivity index (χ4v) is 2.32. The van der Waals surface area contributed by atoms with Crippen LogP contribution in [0.5, 0.6) is 0 Å². The maximum Gasteiger partial charge on any atom is 0.126 e. The number of hydrogen-bond donors (Lipinski definition) is 1. The Bertz CT molecular complexity index is 339. The fraction of sp³-hybridized carbons (Fsp3) is 0.615. The number of nitrogens with zero attached hydrogens (tertiary/aromatic N) is 1. The second-order valence-electron chi connectivity index (χ2n) is 4.33. The molecule has 2 rings (SSSR count). The third-order valence-electron chi connectivity index (χ3n) is 3.04. The van der Waals surface area contributed by atoms with Crippen molar-refractivity contribution in [2.75, 3.05) is 17.7 Å². The van der Waals surface area contributed by atoms with Gasteiger partial charge in [0, 0.05) is 18.1 Å². The van der Waals surface area contributed by atoms with Crippen molar-refractivity contribution in [2.45, 2.75) is 38.5 Å². The van der Waals surface area contributed by atoms with Crippen LogP contribution in [0.2, 0.25) is 0 Å². The number of nitrogens with one attached hydrogen (secondary N) is 1. The van der Waals surface area contributed by atoms with Gasteiger partial charge in [-0.25, -0.2) is 4.98 Å². The van der Waals surface area contributed by atoms with Gasteiger partial charge in [0.2, 0.25) is 0 Å². The maximum absolute atomic E-state index is 5.63. The largest absolute Gasteiger partial charge is 0.370 e. The Morgan fingerprint density at radius 2 is 2.12 bits per heavy atom. The van der Waals surface area contributed by atoms with Crippen LogP contribution >= 0.6 is 11.6 Å². The van der Waals surface area contributed by atoms with E-state index in [4.69, 9.17) is 11.6 Å². The van der Waals surface area contributed by atoms with Gasteiger partial charge in [-0.3, -0.25) is 0 Å². The molecule has 2 nitrogen and oxygen atoms in total. The van der Waals surface area contributed by atoms with Gasteiger partial charge < -0.3 is 5.32 Å². The lowest BCUT2D eigenvalue weighted by Gasteiger charge is -2.07. The van der Waals surface area contributed by atoms with Crippen LogP contribution in [0.1, 0.15) is 36.9 Å². The van der Waals surface area contributed by atoms with E-state index in [1.807, 2.05) is 0 Å². The Morgan fingerprint density at radius 3 is 3.00 bits per heavy atom. The molecule has 1 heterocycles. The van der Waals surface area contributed by atoms with Crippen molar-refractivity contribution in [2.24, 2.45) is 0 Å². The van der Waals surface area contributed by atoms with Gasteiger partial charge in [-0.05, 0) is 43.7 Å². The van der Waals surface area contributed by atoms with Crippen LogP contribution in [0.25, 0.3) is 0 Å². The highest BCUT2D eigenvalue weighted by Crippen LogP contribution is 2.21. The molecule has 0 fully saturated rings. The van der Waals surface area contributed by atoms with Crippen molar-refractivity contribution >= 4 is 17.4 Å². The van der Waals surface area contributed by atoms with E-state index in [-0.39, 0.29) is 0 Å². The normalized spacial score (nSPS) is 13.8. The van der Waals surface area contributed by atoms with Crippen LogP contribution in [0.15, 0.2) is 12.1 Å². The molecule has 1 aliphatic carbocycles. The lowest BCUT2D eigenvalue weighted by atomic mass is 10.2. The van der Waals surface area contributed by atoms with Crippen molar-refractivity contribution < 1.29 is 0 Å². The predicted molar refractivity (Wildman–Crippen MR) is 69.3 cm³/mol. The van der Waals surface area contributed by atoms with Gasteiger partial charge in [-0.2, -0.15) is 0 Å². The van der Waals surface area contributed by atoms with E-state index >= 15 is 0 Å². The highest BCUT2D eigenvalue weighted by Gasteiger charge is 2.11. The second-order valence-corrected chi connectivity index (χ2v) is 4.71. The van der Waals surface area contributed by atoms with Gasteiger partial charge in [-0.15, -0.1) is 11.6 Å². The summed E-state index contributed by atoms with van der Waals surface area (Å²) in [6.07, 6.45) is 7.10. The molecule has 0 atom stereocenters. The number of hydrogen-bond acceptors (Lipinski definition) is 2. The molecular formula is C13H19ClN2. The summed E-state index contributed by atoms with van der Waals surface area (Å²) in [5.74, 6) is 1.81. The minimum Gasteiger partial charge on any atom is -0.370 e. The molecule has 0 radical (unpaired) electrons. The zero-order chi connectivity index (χ0) is 11.2. The first-order chi connectivity index (χ1) is 7.90. The standard InChI is InChI=1S/C13H19ClN2/c14-9-2-1-3-10-15-13-8-7-11-5-4-6-12(11)16-13/h7-8H,1-6,9-10H2,(H,15,16). The van der Waals surface area contributed by atoms with Crippen LogP contribution in [-0.4, -0.2) is 17.4 Å². The average molecular weight is 239 g/mol. The van der Waals surface area contributed by atoms with Crippen LogP contribution in [0.3, 0.4) is 0 Å². The zero-order valence-corrected chi connectivity index (χ0v) is 10.4. The Labute approximate surface area is 102 Å². The van der Waals surface area contributed by atoms with Crippen molar-refractivity contribution in [3.63, 3.8) is 0 Å². The summed E-state index contributed by atoms with van der Waals surface area (Å²) in [5, 5.41) is 3.38. The van der Waals surface area contributed by atoms with Gasteiger partial charge in [0.1, 0.15) is 5.82 Å². The number of rotatable bonds is 6. The molecule has 1 aliphatic rings. The first-order valence-corrected chi connectivity index (χ1v) is 6.72. The molecule has 0 spiro atoms. The minimum absolute atomic E-state index is 0.775. The van der Waals surface area contributed by atoms with E-state index in [0.717, 1.165) is 31.1 Å². The Hall–Kier alpha value is -0.760. The van der Waals surface area contributed by atoms with E-state index in [1.54, 1.807) is 0 Å². The fourth-order valence-electron chi connectivity index (χ4n) is 2.13. The molecule has 0 amide bonds. The highest BCUT2D eigenvalue weighted by molar-refractivity contribution is 6.17. The van der Waals surface area contributed by atoms with Crippen molar-refractivity contribution in [1.29, 1.82) is 0 Å². The number of anilines is 1. The molecule has 1 N–H and O–H groups in total. The summed E-state index contributed by atoms with van der Waals surface area (Å²) in [6.45, 7) is 1.00. The number of alkyl halides is 1. The molecule has 0 aliphatic heterocycles. The van der Waals surface area contributed by atoms with Crippen LogP contribution < -0.4 is 5.32 Å². The lowest BCUT2D eigenvalue weighted by Crippen LogP contribution is -2.04. The molecule has 16 heavy (non-hydrogen) atoms. The van der Waals surface area contributed by atoms with E-state index in [0.29, 0.717) is 0 Å². The number of pyridine rings is 1. The molecule has 0 saturated heterocycles. The van der Waals surface area contributed by atoms with Gasteiger partial charge in [0.15, 0.2) is 0 Å². The molecule has 1 aromatic heterocycles. The Morgan fingerprint density at radius 1 is 1.19 bits per heavy atom. The molecular weight excluding hydrogens is 220 g/mol. The molecule has 88 valence electrons. The van der Waals surface area contributed by atoms with E-state index < -0.39 is 0 Å². The number of aromatic nitrogens is 1. The summed E-state index contributed by atoms with van der Waals surface area (Å²) in [7, 11) is 0. The van der Waals surface area contributed by atoms with E-state index in [1.165, 1.54) is 36.9 Å². The highest BCUT2D eigenvalue weighted by atomic mass is 35.5. The summed E-state index contributed by atoms with van der Waals surface area (Å²) >= 11 is 5.63. The molecule has 3 heteroatoms. The molecule has 0 bridgehead atoms. The monoisotopic (exact) mass is 238 g/mol. The SMILES string of the molecule is ClCCCCCNc1ccc2c(n1)CCC2. The molecule has 0 unspecified atom stereocenters. The second kappa shape index (κ2) is 6.09. The third-order valence-corrected chi connectivity index (χ3v) is 3.31. The van der Waals surface area contributed by atoms with E-state index in [9.17, 15) is 0 Å². The smallest absolute Gasteiger partial charge is 0.126 e. The van der Waals surface area contributed by atoms with Crippen LogP contribution in [0, 0.1) is 0 Å². The summed E-state index contributed by atoms with van der Waals surface area (Å²) in [5.41, 5.74) is 2.73. The summed E-state index contributed by atoms with van der Waals surface area (Å²) in [6, 6.07) is 4.32. The average Bonchev–Trinajstić information content (AvgIpc) is 2.76. The molecule has 0 aromatic carbocycles. The third kappa shape index (κ3) is 3.11. The Kier molecular flexibility index (Phi) is 4.46.